The zero-order valence-corrected chi connectivity index (χ0v) is 16.6. The first-order valence-electron chi connectivity index (χ1n) is 9.58. The van der Waals surface area contributed by atoms with Crippen molar-refractivity contribution in [2.45, 2.75) is 0 Å². The molecule has 1 aromatic heterocycles. The van der Waals surface area contributed by atoms with Crippen LogP contribution in [0.5, 0.6) is 0 Å². The van der Waals surface area contributed by atoms with Crippen LogP contribution in [0, 0.1) is 10.1 Å². The van der Waals surface area contributed by atoms with Crippen LogP contribution in [0.1, 0.15) is 20.7 Å². The summed E-state index contributed by atoms with van der Waals surface area (Å²) in [6, 6.07) is 23.7. The van der Waals surface area contributed by atoms with Crippen LogP contribution in [-0.2, 0) is 0 Å². The molecule has 0 fully saturated rings. The van der Waals surface area contributed by atoms with Gasteiger partial charge in [-0.3, -0.25) is 30.6 Å². The number of carbonyl (C=O) groups excluding carboxylic acids is 2. The molecular weight excluding hydrogens is 410 g/mol. The Labute approximate surface area is 182 Å². The van der Waals surface area contributed by atoms with Gasteiger partial charge in [0.05, 0.1) is 16.2 Å². The van der Waals surface area contributed by atoms with Crippen molar-refractivity contribution in [3.8, 4) is 16.9 Å². The van der Waals surface area contributed by atoms with Gasteiger partial charge in [-0.15, -0.1) is 0 Å². The normalized spacial score (nSPS) is 10.4. The van der Waals surface area contributed by atoms with E-state index in [9.17, 15) is 19.7 Å². The molecule has 0 aliphatic heterocycles. The number of nitro groups is 1. The fraction of sp³-hybridized carbons (Fsp3) is 0. The highest BCUT2D eigenvalue weighted by atomic mass is 16.6. The van der Waals surface area contributed by atoms with Crippen molar-refractivity contribution in [2.75, 3.05) is 0 Å². The molecule has 9 heteroatoms. The fourth-order valence-corrected chi connectivity index (χ4v) is 3.08. The van der Waals surface area contributed by atoms with Gasteiger partial charge < -0.3 is 0 Å². The highest BCUT2D eigenvalue weighted by Gasteiger charge is 2.20. The van der Waals surface area contributed by atoms with E-state index in [-0.39, 0.29) is 16.8 Å². The molecule has 4 rings (SSSR count). The van der Waals surface area contributed by atoms with Crippen molar-refractivity contribution in [1.29, 1.82) is 0 Å². The maximum Gasteiger partial charge on any atom is 0.273 e. The second-order valence-corrected chi connectivity index (χ2v) is 6.75. The second kappa shape index (κ2) is 8.92. The number of para-hydroxylation sites is 1. The third-order valence-corrected chi connectivity index (χ3v) is 4.64. The number of nitrogens with zero attached hydrogens (tertiary/aromatic N) is 3. The van der Waals surface area contributed by atoms with Gasteiger partial charge in [0.1, 0.15) is 5.69 Å². The van der Waals surface area contributed by atoms with Gasteiger partial charge in [-0.1, -0.05) is 54.6 Å². The lowest BCUT2D eigenvalue weighted by Gasteiger charge is -2.07. The van der Waals surface area contributed by atoms with Crippen LogP contribution in [0.3, 0.4) is 0 Å². The molecule has 4 aromatic rings. The van der Waals surface area contributed by atoms with E-state index in [1.165, 1.54) is 18.2 Å². The topological polar surface area (TPSA) is 119 Å². The molecule has 0 saturated carbocycles. The molecular formula is C23H17N5O4. The van der Waals surface area contributed by atoms with Gasteiger partial charge in [0.2, 0.25) is 0 Å². The molecule has 0 unspecified atom stereocenters. The first-order chi connectivity index (χ1) is 15.5. The lowest BCUT2D eigenvalue weighted by Crippen LogP contribution is -2.41. The highest BCUT2D eigenvalue weighted by molar-refractivity contribution is 6.02. The zero-order valence-electron chi connectivity index (χ0n) is 16.6. The molecule has 3 aromatic carbocycles. The summed E-state index contributed by atoms with van der Waals surface area (Å²) in [5.41, 5.74) is 6.67. The maximum atomic E-state index is 12.9. The van der Waals surface area contributed by atoms with Crippen LogP contribution in [-0.4, -0.2) is 26.5 Å². The molecule has 0 atom stereocenters. The second-order valence-electron chi connectivity index (χ2n) is 6.75. The quantitative estimate of drug-likeness (QED) is 0.373. The number of hydrazine groups is 1. The number of nitrogens with one attached hydrogen (secondary N) is 2. The van der Waals surface area contributed by atoms with Gasteiger partial charge >= 0.3 is 0 Å². The van der Waals surface area contributed by atoms with Crippen molar-refractivity contribution in [2.24, 2.45) is 0 Å². The minimum Gasteiger partial charge on any atom is -0.267 e. The molecule has 2 amide bonds. The summed E-state index contributed by atoms with van der Waals surface area (Å²) in [5.74, 6) is -1.26. The number of non-ortho nitro benzene ring substituents is 1. The van der Waals surface area contributed by atoms with Crippen LogP contribution in [0.2, 0.25) is 0 Å². The molecule has 0 bridgehead atoms. The lowest BCUT2D eigenvalue weighted by molar-refractivity contribution is -0.384. The molecule has 9 nitrogen and oxygen atoms in total. The van der Waals surface area contributed by atoms with E-state index >= 15 is 0 Å². The zero-order chi connectivity index (χ0) is 22.5. The highest BCUT2D eigenvalue weighted by Crippen LogP contribution is 2.23. The van der Waals surface area contributed by atoms with E-state index in [1.807, 2.05) is 60.7 Å². The number of benzene rings is 3. The summed E-state index contributed by atoms with van der Waals surface area (Å²) in [4.78, 5) is 35.6. The van der Waals surface area contributed by atoms with E-state index < -0.39 is 16.7 Å². The summed E-state index contributed by atoms with van der Waals surface area (Å²) in [7, 11) is 0. The summed E-state index contributed by atoms with van der Waals surface area (Å²) < 4.78 is 1.58. The van der Waals surface area contributed by atoms with Crippen LogP contribution >= 0.6 is 0 Å². The maximum absolute atomic E-state index is 12.9. The van der Waals surface area contributed by atoms with Crippen molar-refractivity contribution in [1.82, 2.24) is 20.6 Å². The van der Waals surface area contributed by atoms with Gasteiger partial charge in [-0.05, 0) is 18.2 Å². The average molecular weight is 427 g/mol. The van der Waals surface area contributed by atoms with Crippen LogP contribution in [0.4, 0.5) is 5.69 Å². The Morgan fingerprint density at radius 2 is 1.50 bits per heavy atom. The minimum absolute atomic E-state index is 0.0442. The summed E-state index contributed by atoms with van der Waals surface area (Å²) in [6.07, 6.45) is 1.58. The molecule has 1 heterocycles. The Bertz CT molecular complexity index is 1290. The monoisotopic (exact) mass is 427 g/mol. The third-order valence-electron chi connectivity index (χ3n) is 4.64. The molecule has 32 heavy (non-hydrogen) atoms. The molecule has 2 N–H and O–H groups in total. The van der Waals surface area contributed by atoms with E-state index in [1.54, 1.807) is 10.9 Å². The largest absolute Gasteiger partial charge is 0.273 e. The number of nitro benzene ring substituents is 1. The Morgan fingerprint density at radius 3 is 2.19 bits per heavy atom. The lowest BCUT2D eigenvalue weighted by atomic mass is 10.1. The minimum atomic E-state index is -0.682. The average Bonchev–Trinajstić information content (AvgIpc) is 3.29. The van der Waals surface area contributed by atoms with E-state index in [0.29, 0.717) is 5.69 Å². The number of carbonyl (C=O) groups is 2. The molecule has 0 saturated heterocycles. The molecule has 0 radical (unpaired) electrons. The molecule has 158 valence electrons. The summed E-state index contributed by atoms with van der Waals surface area (Å²) >= 11 is 0. The van der Waals surface area contributed by atoms with Gasteiger partial charge in [0, 0.05) is 29.5 Å². The van der Waals surface area contributed by atoms with Gasteiger partial charge in [-0.2, -0.15) is 5.10 Å². The number of rotatable bonds is 5. The van der Waals surface area contributed by atoms with Crippen LogP contribution in [0.15, 0.2) is 91.1 Å². The standard InChI is InChI=1S/C23H17N5O4/c29-22(17-10-7-13-19(14-17)28(31)32)24-25-23(30)20-15-27(18-11-5-2-6-12-18)26-21(20)16-8-3-1-4-9-16/h1-15H,(H,24,29)(H,25,30). The number of hydrogen-bond acceptors (Lipinski definition) is 5. The number of hydrogen-bond donors (Lipinski definition) is 2. The fourth-order valence-electron chi connectivity index (χ4n) is 3.08. The Morgan fingerprint density at radius 1 is 0.844 bits per heavy atom. The Hall–Kier alpha value is -4.79. The number of aromatic nitrogens is 2. The van der Waals surface area contributed by atoms with Crippen molar-refractivity contribution >= 4 is 17.5 Å². The van der Waals surface area contributed by atoms with Crippen molar-refractivity contribution in [3.63, 3.8) is 0 Å². The van der Waals surface area contributed by atoms with Gasteiger partial charge in [0.25, 0.3) is 17.5 Å². The Kier molecular flexibility index (Phi) is 5.71. The van der Waals surface area contributed by atoms with Crippen LogP contribution in [0.25, 0.3) is 16.9 Å². The van der Waals surface area contributed by atoms with E-state index in [4.69, 9.17) is 0 Å². The Balaban J connectivity index is 1.59. The van der Waals surface area contributed by atoms with E-state index in [0.717, 1.165) is 17.3 Å². The summed E-state index contributed by atoms with van der Waals surface area (Å²) in [6.45, 7) is 0. The smallest absolute Gasteiger partial charge is 0.267 e. The first-order valence-corrected chi connectivity index (χ1v) is 9.58. The van der Waals surface area contributed by atoms with Gasteiger partial charge in [-0.25, -0.2) is 4.68 Å². The predicted octanol–water partition coefficient (Wildman–Crippen LogP) is 3.52. The van der Waals surface area contributed by atoms with Crippen LogP contribution < -0.4 is 10.9 Å². The molecule has 0 spiro atoms. The van der Waals surface area contributed by atoms with Crippen molar-refractivity contribution < 1.29 is 14.5 Å². The predicted molar refractivity (Wildman–Crippen MR) is 117 cm³/mol. The number of amides is 2. The molecule has 0 aliphatic rings. The first kappa shape index (κ1) is 20.5. The summed E-state index contributed by atoms with van der Waals surface area (Å²) in [5, 5.41) is 15.5. The third kappa shape index (κ3) is 4.36. The SMILES string of the molecule is O=C(NNC(=O)c1cn(-c2ccccc2)nc1-c1ccccc1)c1cccc([N+](=O)[O-])c1. The van der Waals surface area contributed by atoms with E-state index in [2.05, 4.69) is 16.0 Å². The molecule has 0 aliphatic carbocycles. The van der Waals surface area contributed by atoms with Crippen molar-refractivity contribution in [3.05, 3.63) is 112 Å². The van der Waals surface area contributed by atoms with Gasteiger partial charge in [0.15, 0.2) is 0 Å².